The van der Waals surface area contributed by atoms with Crippen molar-refractivity contribution in [3.05, 3.63) is 59.7 Å². The molecule has 180 valence electrons. The Bertz CT molecular complexity index is 1040. The summed E-state index contributed by atoms with van der Waals surface area (Å²) in [7, 11) is 3.11. The van der Waals surface area contributed by atoms with Crippen LogP contribution < -0.4 is 10.6 Å². The molecule has 2 aromatic rings. The Kier molecular flexibility index (Phi) is 7.88. The Labute approximate surface area is 198 Å². The van der Waals surface area contributed by atoms with E-state index in [9.17, 15) is 19.2 Å². The molecule has 2 unspecified atom stereocenters. The quantitative estimate of drug-likeness (QED) is 0.520. The summed E-state index contributed by atoms with van der Waals surface area (Å²) in [6.07, 6.45) is -1.31. The van der Waals surface area contributed by atoms with Gasteiger partial charge in [0.1, 0.15) is 18.7 Å². The first-order chi connectivity index (χ1) is 16.2. The fourth-order valence-electron chi connectivity index (χ4n) is 4.08. The highest BCUT2D eigenvalue weighted by molar-refractivity contribution is 5.91. The van der Waals surface area contributed by atoms with Crippen molar-refractivity contribution in [2.75, 3.05) is 20.7 Å². The third-order valence-electron chi connectivity index (χ3n) is 5.77. The molecule has 0 radical (unpaired) electrons. The molecular weight excluding hydrogens is 438 g/mol. The maximum atomic E-state index is 12.7. The maximum Gasteiger partial charge on any atom is 0.407 e. The third-order valence-corrected chi connectivity index (χ3v) is 5.77. The van der Waals surface area contributed by atoms with Crippen molar-refractivity contribution in [3.63, 3.8) is 0 Å². The van der Waals surface area contributed by atoms with E-state index in [2.05, 4.69) is 10.6 Å². The lowest BCUT2D eigenvalue weighted by Crippen LogP contribution is -2.52. The van der Waals surface area contributed by atoms with Crippen LogP contribution in [-0.4, -0.2) is 66.7 Å². The van der Waals surface area contributed by atoms with Gasteiger partial charge in [-0.25, -0.2) is 4.79 Å². The van der Waals surface area contributed by atoms with E-state index in [1.807, 2.05) is 48.5 Å². The molecule has 3 N–H and O–H groups in total. The number of nitrogens with one attached hydrogen (secondary N) is 2. The van der Waals surface area contributed by atoms with Crippen LogP contribution in [0.3, 0.4) is 0 Å². The van der Waals surface area contributed by atoms with Crippen molar-refractivity contribution in [2.24, 2.45) is 0 Å². The number of carboxylic acid groups (broad SMARTS) is 1. The van der Waals surface area contributed by atoms with Gasteiger partial charge in [-0.15, -0.1) is 0 Å². The number of aliphatic carboxylic acids is 1. The Morgan fingerprint density at radius 3 is 2.06 bits per heavy atom. The molecule has 0 fully saturated rings. The monoisotopic (exact) mass is 467 g/mol. The summed E-state index contributed by atoms with van der Waals surface area (Å²) in [5.74, 6) is -2.24. The lowest BCUT2D eigenvalue weighted by molar-refractivity contribution is -0.138. The number of hydrogen-bond donors (Lipinski definition) is 3. The van der Waals surface area contributed by atoms with Gasteiger partial charge in [0.2, 0.25) is 11.8 Å². The topological polar surface area (TPSA) is 125 Å². The Morgan fingerprint density at radius 1 is 0.971 bits per heavy atom. The van der Waals surface area contributed by atoms with Crippen molar-refractivity contribution in [2.45, 2.75) is 37.8 Å². The number of carbonyl (C=O) groups is 4. The number of alkyl carbamates (subject to hydrolysis) is 1. The molecular formula is C25H29N3O6. The van der Waals surface area contributed by atoms with Gasteiger partial charge in [0, 0.05) is 26.4 Å². The van der Waals surface area contributed by atoms with Crippen molar-refractivity contribution < 1.29 is 29.0 Å². The zero-order chi connectivity index (χ0) is 24.8. The van der Waals surface area contributed by atoms with Gasteiger partial charge in [0.25, 0.3) is 0 Å². The fraction of sp³-hybridized carbons (Fsp3) is 0.360. The molecule has 0 heterocycles. The number of hydrogen-bond acceptors (Lipinski definition) is 5. The zero-order valence-corrected chi connectivity index (χ0v) is 19.4. The van der Waals surface area contributed by atoms with Crippen LogP contribution in [0.5, 0.6) is 0 Å². The smallest absolute Gasteiger partial charge is 0.407 e. The highest BCUT2D eigenvalue weighted by atomic mass is 16.5. The molecule has 0 saturated carbocycles. The van der Waals surface area contributed by atoms with E-state index in [1.54, 1.807) is 14.1 Å². The van der Waals surface area contributed by atoms with E-state index in [4.69, 9.17) is 9.84 Å². The Balaban J connectivity index is 1.66. The number of carboxylic acids is 1. The minimum Gasteiger partial charge on any atom is -0.481 e. The first kappa shape index (κ1) is 24.8. The Hall–Kier alpha value is -3.88. The average molecular weight is 468 g/mol. The third kappa shape index (κ3) is 5.72. The highest BCUT2D eigenvalue weighted by Gasteiger charge is 2.30. The largest absolute Gasteiger partial charge is 0.481 e. The van der Waals surface area contributed by atoms with Crippen LogP contribution in [0.1, 0.15) is 36.8 Å². The van der Waals surface area contributed by atoms with Gasteiger partial charge in [0.15, 0.2) is 0 Å². The predicted octanol–water partition coefficient (Wildman–Crippen LogP) is 2.35. The van der Waals surface area contributed by atoms with E-state index in [1.165, 1.54) is 11.8 Å². The number of amides is 3. The second-order valence-electron chi connectivity index (χ2n) is 8.42. The van der Waals surface area contributed by atoms with Gasteiger partial charge in [-0.1, -0.05) is 48.5 Å². The molecule has 3 amide bonds. The molecule has 0 bridgehead atoms. The van der Waals surface area contributed by atoms with E-state index in [-0.39, 0.29) is 31.3 Å². The fourth-order valence-corrected chi connectivity index (χ4v) is 4.08. The van der Waals surface area contributed by atoms with E-state index < -0.39 is 30.1 Å². The molecule has 2 atom stereocenters. The van der Waals surface area contributed by atoms with Crippen molar-refractivity contribution in [1.29, 1.82) is 0 Å². The molecule has 9 nitrogen and oxygen atoms in total. The molecule has 1 aliphatic rings. The lowest BCUT2D eigenvalue weighted by atomic mass is 9.98. The number of carbonyl (C=O) groups excluding carboxylic acids is 3. The molecule has 0 aromatic heterocycles. The number of benzene rings is 2. The van der Waals surface area contributed by atoms with Crippen molar-refractivity contribution in [3.8, 4) is 11.1 Å². The normalized spacial score (nSPS) is 13.7. The molecule has 34 heavy (non-hydrogen) atoms. The lowest BCUT2D eigenvalue weighted by Gasteiger charge is -2.22. The number of fused-ring (bicyclic) bond motifs is 3. The minimum atomic E-state index is -1.16. The van der Waals surface area contributed by atoms with Crippen LogP contribution >= 0.6 is 0 Å². The number of ether oxygens (including phenoxy) is 1. The summed E-state index contributed by atoms with van der Waals surface area (Å²) in [5, 5.41) is 14.0. The van der Waals surface area contributed by atoms with Crippen LogP contribution in [0.25, 0.3) is 11.1 Å². The second kappa shape index (κ2) is 10.8. The van der Waals surface area contributed by atoms with Gasteiger partial charge < -0.3 is 25.4 Å². The van der Waals surface area contributed by atoms with Crippen LogP contribution in [0.15, 0.2) is 48.5 Å². The Morgan fingerprint density at radius 2 is 1.53 bits per heavy atom. The summed E-state index contributed by atoms with van der Waals surface area (Å²) in [4.78, 5) is 49.7. The maximum absolute atomic E-state index is 12.7. The summed E-state index contributed by atoms with van der Waals surface area (Å²) in [5.41, 5.74) is 4.27. The number of likely N-dealkylation sites (N-methyl/N-ethyl adjacent to an activating group) is 1. The molecule has 0 saturated heterocycles. The summed E-state index contributed by atoms with van der Waals surface area (Å²) < 4.78 is 5.47. The SMILES string of the molecule is CC(NC(=O)C(CCC(=O)O)NC(=O)OCC1c2ccccc2-c2ccccc21)C(=O)N(C)C. The minimum absolute atomic E-state index is 0.0582. The van der Waals surface area contributed by atoms with Gasteiger partial charge in [-0.05, 0) is 35.6 Å². The molecule has 2 aromatic carbocycles. The van der Waals surface area contributed by atoms with Crippen LogP contribution in [0.2, 0.25) is 0 Å². The second-order valence-corrected chi connectivity index (χ2v) is 8.42. The predicted molar refractivity (Wildman–Crippen MR) is 125 cm³/mol. The van der Waals surface area contributed by atoms with Gasteiger partial charge in [0.05, 0.1) is 0 Å². The van der Waals surface area contributed by atoms with Crippen molar-refractivity contribution in [1.82, 2.24) is 15.5 Å². The summed E-state index contributed by atoms with van der Waals surface area (Å²) >= 11 is 0. The standard InChI is InChI=1S/C25H29N3O6/c1-15(24(32)28(2)3)26-23(31)21(12-13-22(29)30)27-25(33)34-14-20-18-10-6-4-8-16(18)17-9-5-7-11-19(17)20/h4-11,15,20-21H,12-14H2,1-3H3,(H,26,31)(H,27,33)(H,29,30). The average Bonchev–Trinajstić information content (AvgIpc) is 3.13. The number of nitrogens with zero attached hydrogens (tertiary/aromatic N) is 1. The van der Waals surface area contributed by atoms with Crippen LogP contribution in [-0.2, 0) is 19.1 Å². The van der Waals surface area contributed by atoms with Crippen LogP contribution in [0, 0.1) is 0 Å². The highest BCUT2D eigenvalue weighted by Crippen LogP contribution is 2.44. The first-order valence-corrected chi connectivity index (χ1v) is 11.0. The summed E-state index contributed by atoms with van der Waals surface area (Å²) in [6.45, 7) is 1.57. The first-order valence-electron chi connectivity index (χ1n) is 11.0. The zero-order valence-electron chi connectivity index (χ0n) is 19.4. The van der Waals surface area contributed by atoms with Gasteiger partial charge >= 0.3 is 12.1 Å². The molecule has 0 aliphatic heterocycles. The van der Waals surface area contributed by atoms with Gasteiger partial charge in [-0.2, -0.15) is 0 Å². The van der Waals surface area contributed by atoms with Crippen LogP contribution in [0.4, 0.5) is 4.79 Å². The summed E-state index contributed by atoms with van der Waals surface area (Å²) in [6, 6.07) is 13.8. The molecule has 3 rings (SSSR count). The molecule has 0 spiro atoms. The molecule has 1 aliphatic carbocycles. The number of rotatable bonds is 9. The van der Waals surface area contributed by atoms with E-state index in [0.29, 0.717) is 0 Å². The van der Waals surface area contributed by atoms with E-state index in [0.717, 1.165) is 22.3 Å². The molecule has 9 heteroatoms. The van der Waals surface area contributed by atoms with Crippen molar-refractivity contribution >= 4 is 23.9 Å². The van der Waals surface area contributed by atoms with Gasteiger partial charge in [-0.3, -0.25) is 14.4 Å². The van der Waals surface area contributed by atoms with E-state index >= 15 is 0 Å².